The average molecular weight is 586 g/mol. The van der Waals surface area contributed by atoms with E-state index in [1.807, 2.05) is 24.3 Å². The number of carboxylic acid groups (broad SMARTS) is 1. The summed E-state index contributed by atoms with van der Waals surface area (Å²) >= 11 is 6.23. The number of alkyl halides is 4. The van der Waals surface area contributed by atoms with Crippen molar-refractivity contribution >= 4 is 34.8 Å². The SMILES string of the molecule is O=C(O)c1ccc2c(c1)CCCC(c1cccc(Cl)c1OC(F)(F)F)=C2c1ccc(C=C2CN(CCCF)C2)cc1. The first-order chi connectivity index (χ1) is 19.6. The molecule has 1 heterocycles. The average Bonchev–Trinajstić information content (AvgIpc) is 3.10. The molecule has 9 heteroatoms. The van der Waals surface area contributed by atoms with Crippen LogP contribution in [0.4, 0.5) is 17.6 Å². The maximum Gasteiger partial charge on any atom is 0.573 e. The number of aromatic carboxylic acids is 1. The number of allylic oxidation sites excluding steroid dienone is 1. The number of benzene rings is 3. The predicted molar refractivity (Wildman–Crippen MR) is 152 cm³/mol. The number of ether oxygens (including phenoxy) is 1. The Bertz CT molecular complexity index is 1500. The number of rotatable bonds is 8. The Morgan fingerprint density at radius 3 is 2.46 bits per heavy atom. The third-order valence-corrected chi connectivity index (χ3v) is 7.64. The van der Waals surface area contributed by atoms with Crippen LogP contribution in [0, 0.1) is 0 Å². The third kappa shape index (κ3) is 6.66. The van der Waals surface area contributed by atoms with Gasteiger partial charge in [0, 0.05) is 25.2 Å². The zero-order valence-electron chi connectivity index (χ0n) is 22.1. The minimum Gasteiger partial charge on any atom is -0.478 e. The molecule has 0 spiro atoms. The summed E-state index contributed by atoms with van der Waals surface area (Å²) in [4.78, 5) is 13.9. The van der Waals surface area contributed by atoms with Gasteiger partial charge in [-0.25, -0.2) is 4.79 Å². The molecule has 5 rings (SSSR count). The summed E-state index contributed by atoms with van der Waals surface area (Å²) in [6.07, 6.45) is -0.730. The van der Waals surface area contributed by atoms with E-state index in [9.17, 15) is 27.5 Å². The van der Waals surface area contributed by atoms with E-state index in [0.717, 1.165) is 41.9 Å². The van der Waals surface area contributed by atoms with Gasteiger partial charge in [0.25, 0.3) is 0 Å². The molecule has 214 valence electrons. The molecule has 1 fully saturated rings. The van der Waals surface area contributed by atoms with Gasteiger partial charge in [-0.3, -0.25) is 9.29 Å². The Morgan fingerprint density at radius 1 is 1.02 bits per heavy atom. The molecule has 0 radical (unpaired) electrons. The number of halogens is 5. The Kier molecular flexibility index (Phi) is 8.52. The molecule has 41 heavy (non-hydrogen) atoms. The summed E-state index contributed by atoms with van der Waals surface area (Å²) in [7, 11) is 0. The van der Waals surface area contributed by atoms with Gasteiger partial charge < -0.3 is 9.84 Å². The number of hydrogen-bond acceptors (Lipinski definition) is 3. The zero-order valence-corrected chi connectivity index (χ0v) is 22.9. The molecular weight excluding hydrogens is 558 g/mol. The number of aryl methyl sites for hydroxylation is 1. The Labute approximate surface area is 240 Å². The van der Waals surface area contributed by atoms with Gasteiger partial charge in [0.1, 0.15) is 0 Å². The van der Waals surface area contributed by atoms with Gasteiger partial charge >= 0.3 is 12.3 Å². The molecule has 1 N–H and O–H groups in total. The lowest BCUT2D eigenvalue weighted by Gasteiger charge is -2.33. The molecule has 3 aromatic carbocycles. The lowest BCUT2D eigenvalue weighted by molar-refractivity contribution is -0.274. The van der Waals surface area contributed by atoms with E-state index in [1.54, 1.807) is 24.3 Å². The molecule has 0 amide bonds. The van der Waals surface area contributed by atoms with Crippen molar-refractivity contribution < 1.29 is 32.2 Å². The van der Waals surface area contributed by atoms with E-state index in [2.05, 4.69) is 15.7 Å². The molecule has 0 aromatic heterocycles. The number of carboxylic acids is 1. The fourth-order valence-electron chi connectivity index (χ4n) is 5.53. The van der Waals surface area contributed by atoms with Crippen LogP contribution >= 0.6 is 11.6 Å². The summed E-state index contributed by atoms with van der Waals surface area (Å²) in [5.41, 5.74) is 6.32. The monoisotopic (exact) mass is 585 g/mol. The van der Waals surface area contributed by atoms with Crippen LogP contribution < -0.4 is 4.74 Å². The standard InChI is InChI=1S/C32H28ClF4NO3/c33-28-7-2-6-27(30(28)41-32(35,36)37)26-5-1-4-23-17-24(31(39)40)12-13-25(23)29(26)22-10-8-20(9-11-22)16-21-18-38(19-21)15-3-14-34/h2,6-13,16-17H,1,3-5,14-15,18-19H2,(H,39,40). The van der Waals surface area contributed by atoms with Crippen LogP contribution in [0.3, 0.4) is 0 Å². The normalized spacial score (nSPS) is 15.7. The molecule has 3 aromatic rings. The van der Waals surface area contributed by atoms with Gasteiger partial charge in [0.05, 0.1) is 17.3 Å². The fourth-order valence-corrected chi connectivity index (χ4v) is 5.74. The maximum absolute atomic E-state index is 13.4. The van der Waals surface area contributed by atoms with Crippen molar-refractivity contribution in [2.75, 3.05) is 26.3 Å². The van der Waals surface area contributed by atoms with Crippen molar-refractivity contribution in [2.24, 2.45) is 0 Å². The van der Waals surface area contributed by atoms with E-state index in [1.165, 1.54) is 17.7 Å². The van der Waals surface area contributed by atoms with Crippen LogP contribution in [0.1, 0.15) is 57.4 Å². The van der Waals surface area contributed by atoms with Crippen molar-refractivity contribution in [3.63, 3.8) is 0 Å². The number of likely N-dealkylation sites (tertiary alicyclic amines) is 1. The van der Waals surface area contributed by atoms with Gasteiger partial charge in [0.2, 0.25) is 0 Å². The largest absolute Gasteiger partial charge is 0.573 e. The van der Waals surface area contributed by atoms with Crippen LogP contribution in [0.5, 0.6) is 5.75 Å². The number of hydrogen-bond donors (Lipinski definition) is 1. The second-order valence-corrected chi connectivity index (χ2v) is 10.6. The highest BCUT2D eigenvalue weighted by Crippen LogP contribution is 2.45. The Hall–Kier alpha value is -3.62. The Morgan fingerprint density at radius 2 is 1.78 bits per heavy atom. The summed E-state index contributed by atoms with van der Waals surface area (Å²) in [5.74, 6) is -1.50. The first-order valence-corrected chi connectivity index (χ1v) is 13.7. The smallest absolute Gasteiger partial charge is 0.478 e. The summed E-state index contributed by atoms with van der Waals surface area (Å²) in [6.45, 7) is 2.00. The first kappa shape index (κ1) is 28.9. The van der Waals surface area contributed by atoms with Crippen LogP contribution in [0.2, 0.25) is 5.02 Å². The summed E-state index contributed by atoms with van der Waals surface area (Å²) in [6, 6.07) is 17.2. The number of para-hydroxylation sites is 1. The molecule has 1 saturated heterocycles. The maximum atomic E-state index is 13.4. The number of carbonyl (C=O) groups is 1. The van der Waals surface area contributed by atoms with Crippen molar-refractivity contribution in [1.82, 2.24) is 4.90 Å². The van der Waals surface area contributed by atoms with Gasteiger partial charge in [-0.1, -0.05) is 60.1 Å². The molecular formula is C32H28ClF4NO3. The molecule has 0 bridgehead atoms. The van der Waals surface area contributed by atoms with Crippen molar-refractivity contribution in [3.8, 4) is 5.75 Å². The molecule has 1 aliphatic heterocycles. The van der Waals surface area contributed by atoms with Gasteiger partial charge in [-0.15, -0.1) is 13.2 Å². The van der Waals surface area contributed by atoms with Crippen molar-refractivity contribution in [3.05, 3.63) is 105 Å². The zero-order chi connectivity index (χ0) is 29.1. The van der Waals surface area contributed by atoms with E-state index >= 15 is 0 Å². The second-order valence-electron chi connectivity index (χ2n) is 10.2. The quantitative estimate of drug-likeness (QED) is 0.270. The molecule has 2 aliphatic rings. The number of nitrogens with zero attached hydrogens (tertiary/aromatic N) is 1. The van der Waals surface area contributed by atoms with Crippen LogP contribution in [0.25, 0.3) is 17.2 Å². The first-order valence-electron chi connectivity index (χ1n) is 13.4. The van der Waals surface area contributed by atoms with E-state index in [0.29, 0.717) is 36.8 Å². The van der Waals surface area contributed by atoms with Crippen molar-refractivity contribution in [2.45, 2.75) is 32.0 Å². The lowest BCUT2D eigenvalue weighted by atomic mass is 9.86. The summed E-state index contributed by atoms with van der Waals surface area (Å²) < 4.78 is 57.1. The van der Waals surface area contributed by atoms with Crippen LogP contribution in [-0.2, 0) is 6.42 Å². The van der Waals surface area contributed by atoms with Crippen LogP contribution in [-0.4, -0.2) is 48.6 Å². The molecule has 0 unspecified atom stereocenters. The molecule has 4 nitrogen and oxygen atoms in total. The molecule has 1 aliphatic carbocycles. The minimum atomic E-state index is -4.93. The van der Waals surface area contributed by atoms with E-state index in [-0.39, 0.29) is 22.8 Å². The lowest BCUT2D eigenvalue weighted by Crippen LogP contribution is -2.40. The predicted octanol–water partition coefficient (Wildman–Crippen LogP) is 8.29. The van der Waals surface area contributed by atoms with Crippen molar-refractivity contribution in [1.29, 1.82) is 0 Å². The molecule has 0 atom stereocenters. The van der Waals surface area contributed by atoms with Gasteiger partial charge in [-0.05, 0) is 82.9 Å². The van der Waals surface area contributed by atoms with Gasteiger partial charge in [0.15, 0.2) is 5.75 Å². The minimum absolute atomic E-state index is 0.151. The Balaban J connectivity index is 1.60. The fraction of sp³-hybridized carbons (Fsp3) is 0.281. The highest BCUT2D eigenvalue weighted by molar-refractivity contribution is 6.32. The highest BCUT2D eigenvalue weighted by Gasteiger charge is 2.34. The number of fused-ring (bicyclic) bond motifs is 1. The van der Waals surface area contributed by atoms with E-state index in [4.69, 9.17) is 11.6 Å². The van der Waals surface area contributed by atoms with Gasteiger partial charge in [-0.2, -0.15) is 0 Å². The van der Waals surface area contributed by atoms with Crippen LogP contribution in [0.15, 0.2) is 66.2 Å². The summed E-state index contributed by atoms with van der Waals surface area (Å²) in [5, 5.41) is 9.40. The highest BCUT2D eigenvalue weighted by atomic mass is 35.5. The second kappa shape index (κ2) is 12.1. The molecule has 0 saturated carbocycles. The van der Waals surface area contributed by atoms with E-state index < -0.39 is 18.1 Å². The topological polar surface area (TPSA) is 49.8 Å². The third-order valence-electron chi connectivity index (χ3n) is 7.34.